The van der Waals surface area contributed by atoms with Crippen molar-refractivity contribution in [3.05, 3.63) is 24.5 Å². The van der Waals surface area contributed by atoms with Crippen molar-refractivity contribution in [3.8, 4) is 0 Å². The lowest BCUT2D eigenvalue weighted by molar-refractivity contribution is 0.266. The van der Waals surface area contributed by atoms with E-state index in [2.05, 4.69) is 45.8 Å². The molecule has 0 amide bonds. The van der Waals surface area contributed by atoms with Gasteiger partial charge in [0.2, 0.25) is 0 Å². The Morgan fingerprint density at radius 2 is 2.13 bits per heavy atom. The molecular weight excluding hydrogens is 286 g/mol. The van der Waals surface area contributed by atoms with E-state index in [4.69, 9.17) is 0 Å². The normalized spacial score (nSPS) is 27.5. The SMILES string of the molecule is C=CCc1c(NC)ncnc1N(C)[C@H]1CCC2CN(C)CC2C1. The third kappa shape index (κ3) is 3.20. The molecule has 3 atom stereocenters. The molecule has 2 aliphatic rings. The van der Waals surface area contributed by atoms with Crippen LogP contribution in [0.4, 0.5) is 11.6 Å². The number of hydrogen-bond acceptors (Lipinski definition) is 5. The van der Waals surface area contributed by atoms with Crippen LogP contribution in [0, 0.1) is 11.8 Å². The second-order valence-electron chi connectivity index (χ2n) is 7.09. The monoisotopic (exact) mass is 315 g/mol. The van der Waals surface area contributed by atoms with Crippen molar-refractivity contribution in [3.63, 3.8) is 0 Å². The Morgan fingerprint density at radius 3 is 2.87 bits per heavy atom. The number of fused-ring (bicyclic) bond motifs is 1. The molecule has 0 radical (unpaired) electrons. The Kier molecular flexibility index (Phi) is 4.85. The maximum atomic E-state index is 4.60. The predicted molar refractivity (Wildman–Crippen MR) is 96.0 cm³/mol. The summed E-state index contributed by atoms with van der Waals surface area (Å²) < 4.78 is 0. The second kappa shape index (κ2) is 6.87. The summed E-state index contributed by atoms with van der Waals surface area (Å²) in [6, 6.07) is 0.575. The minimum absolute atomic E-state index is 0.575. The van der Waals surface area contributed by atoms with Crippen LogP contribution < -0.4 is 10.2 Å². The molecule has 126 valence electrons. The molecular formula is C18H29N5. The molecule has 1 saturated heterocycles. The highest BCUT2D eigenvalue weighted by molar-refractivity contribution is 5.59. The van der Waals surface area contributed by atoms with Crippen molar-refractivity contribution >= 4 is 11.6 Å². The maximum absolute atomic E-state index is 4.60. The van der Waals surface area contributed by atoms with Gasteiger partial charge in [-0.1, -0.05) is 6.08 Å². The van der Waals surface area contributed by atoms with Crippen molar-refractivity contribution in [2.24, 2.45) is 11.8 Å². The third-order valence-electron chi connectivity index (χ3n) is 5.59. The molecule has 1 aromatic heterocycles. The minimum atomic E-state index is 0.575. The zero-order chi connectivity index (χ0) is 16.4. The van der Waals surface area contributed by atoms with Crippen molar-refractivity contribution < 1.29 is 0 Å². The molecule has 0 aromatic carbocycles. The van der Waals surface area contributed by atoms with E-state index in [1.54, 1.807) is 6.33 Å². The van der Waals surface area contributed by atoms with E-state index in [-0.39, 0.29) is 0 Å². The molecule has 3 rings (SSSR count). The molecule has 0 spiro atoms. The van der Waals surface area contributed by atoms with Crippen LogP contribution in [0.1, 0.15) is 24.8 Å². The van der Waals surface area contributed by atoms with E-state index < -0.39 is 0 Å². The number of aromatic nitrogens is 2. The van der Waals surface area contributed by atoms with Gasteiger partial charge in [-0.3, -0.25) is 0 Å². The quantitative estimate of drug-likeness (QED) is 0.846. The van der Waals surface area contributed by atoms with Gasteiger partial charge in [0.15, 0.2) is 0 Å². The molecule has 1 aliphatic carbocycles. The Labute approximate surface area is 139 Å². The van der Waals surface area contributed by atoms with Gasteiger partial charge in [0.25, 0.3) is 0 Å². The lowest BCUT2D eigenvalue weighted by Gasteiger charge is -2.38. The maximum Gasteiger partial charge on any atom is 0.137 e. The largest absolute Gasteiger partial charge is 0.373 e. The van der Waals surface area contributed by atoms with Crippen LogP contribution in [0.2, 0.25) is 0 Å². The zero-order valence-electron chi connectivity index (χ0n) is 14.6. The molecule has 23 heavy (non-hydrogen) atoms. The van der Waals surface area contributed by atoms with Crippen molar-refractivity contribution in [1.29, 1.82) is 0 Å². The van der Waals surface area contributed by atoms with E-state index in [1.165, 1.54) is 32.4 Å². The fourth-order valence-electron chi connectivity index (χ4n) is 4.42. The van der Waals surface area contributed by atoms with E-state index >= 15 is 0 Å². The second-order valence-corrected chi connectivity index (χ2v) is 7.09. The van der Waals surface area contributed by atoms with Crippen LogP contribution in [0.5, 0.6) is 0 Å². The summed E-state index contributed by atoms with van der Waals surface area (Å²) in [5.41, 5.74) is 1.15. The van der Waals surface area contributed by atoms with Crippen LogP contribution in [-0.4, -0.2) is 55.1 Å². The van der Waals surface area contributed by atoms with Gasteiger partial charge in [-0.05, 0) is 44.6 Å². The number of allylic oxidation sites excluding steroid dienone is 1. The van der Waals surface area contributed by atoms with Crippen LogP contribution in [0.3, 0.4) is 0 Å². The average molecular weight is 315 g/mol. The van der Waals surface area contributed by atoms with Crippen molar-refractivity contribution in [1.82, 2.24) is 14.9 Å². The first kappa shape index (κ1) is 16.2. The van der Waals surface area contributed by atoms with Crippen LogP contribution in [0.15, 0.2) is 19.0 Å². The molecule has 0 bridgehead atoms. The van der Waals surface area contributed by atoms with E-state index in [0.29, 0.717) is 6.04 Å². The molecule has 1 saturated carbocycles. The summed E-state index contributed by atoms with van der Waals surface area (Å²) in [4.78, 5) is 13.8. The van der Waals surface area contributed by atoms with Gasteiger partial charge >= 0.3 is 0 Å². The van der Waals surface area contributed by atoms with Crippen LogP contribution in [0.25, 0.3) is 0 Å². The summed E-state index contributed by atoms with van der Waals surface area (Å²) in [5.74, 6) is 3.71. The highest BCUT2D eigenvalue weighted by atomic mass is 15.2. The number of hydrogen-bond donors (Lipinski definition) is 1. The Morgan fingerprint density at radius 1 is 1.35 bits per heavy atom. The number of nitrogens with one attached hydrogen (secondary N) is 1. The number of anilines is 2. The van der Waals surface area contributed by atoms with Gasteiger partial charge in [-0.15, -0.1) is 6.58 Å². The van der Waals surface area contributed by atoms with Gasteiger partial charge < -0.3 is 15.1 Å². The van der Waals surface area contributed by atoms with E-state index in [0.717, 1.165) is 35.5 Å². The predicted octanol–water partition coefficient (Wildman–Crippen LogP) is 2.41. The minimum Gasteiger partial charge on any atom is -0.373 e. The smallest absolute Gasteiger partial charge is 0.137 e. The molecule has 1 aromatic rings. The van der Waals surface area contributed by atoms with Crippen LogP contribution >= 0.6 is 0 Å². The first-order valence-electron chi connectivity index (χ1n) is 8.68. The highest BCUT2D eigenvalue weighted by Gasteiger charge is 2.38. The fourth-order valence-corrected chi connectivity index (χ4v) is 4.42. The van der Waals surface area contributed by atoms with Crippen LogP contribution in [-0.2, 0) is 6.42 Å². The first-order valence-corrected chi connectivity index (χ1v) is 8.68. The van der Waals surface area contributed by atoms with Gasteiger partial charge in [0.1, 0.15) is 18.0 Å². The number of likely N-dealkylation sites (tertiary alicyclic amines) is 1. The third-order valence-corrected chi connectivity index (χ3v) is 5.59. The Bertz CT molecular complexity index is 558. The summed E-state index contributed by atoms with van der Waals surface area (Å²) in [5, 5.41) is 3.19. The molecule has 2 unspecified atom stereocenters. The van der Waals surface area contributed by atoms with Crippen molar-refractivity contribution in [2.45, 2.75) is 31.7 Å². The topological polar surface area (TPSA) is 44.3 Å². The summed E-state index contributed by atoms with van der Waals surface area (Å²) in [7, 11) is 6.36. The molecule has 2 fully saturated rings. The summed E-state index contributed by atoms with van der Waals surface area (Å²) in [6.45, 7) is 6.42. The average Bonchev–Trinajstić information content (AvgIpc) is 2.93. The molecule has 5 nitrogen and oxygen atoms in total. The zero-order valence-corrected chi connectivity index (χ0v) is 14.6. The van der Waals surface area contributed by atoms with Gasteiger partial charge in [-0.2, -0.15) is 0 Å². The first-order chi connectivity index (χ1) is 11.1. The number of rotatable bonds is 5. The van der Waals surface area contributed by atoms with E-state index in [1.807, 2.05) is 13.1 Å². The summed E-state index contributed by atoms with van der Waals surface area (Å²) >= 11 is 0. The standard InChI is InChI=1S/C18H29N5/c1-5-6-16-17(19-2)20-12-21-18(16)23(4)15-8-7-13-10-22(3)11-14(13)9-15/h5,12-15H,1,6-11H2,2-4H3,(H,19,20,21)/t13?,14?,15-/m0/s1. The Hall–Kier alpha value is -1.62. The van der Waals surface area contributed by atoms with Crippen molar-refractivity contribution in [2.75, 3.05) is 44.4 Å². The highest BCUT2D eigenvalue weighted by Crippen LogP contribution is 2.38. The lowest BCUT2D eigenvalue weighted by atomic mass is 9.78. The Balaban J connectivity index is 1.80. The number of nitrogens with zero attached hydrogens (tertiary/aromatic N) is 4. The lowest BCUT2D eigenvalue weighted by Crippen LogP contribution is -2.39. The van der Waals surface area contributed by atoms with Gasteiger partial charge in [0, 0.05) is 38.8 Å². The van der Waals surface area contributed by atoms with Gasteiger partial charge in [0.05, 0.1) is 0 Å². The molecule has 1 aliphatic heterocycles. The fraction of sp³-hybridized carbons (Fsp3) is 0.667. The summed E-state index contributed by atoms with van der Waals surface area (Å²) in [6.07, 6.45) is 8.26. The van der Waals surface area contributed by atoms with E-state index in [9.17, 15) is 0 Å². The molecule has 1 N–H and O–H groups in total. The molecule has 2 heterocycles. The molecule has 5 heteroatoms. The van der Waals surface area contributed by atoms with Gasteiger partial charge in [-0.25, -0.2) is 9.97 Å².